The van der Waals surface area contributed by atoms with Crippen LogP contribution in [0.15, 0.2) is 29.4 Å². The second-order valence-corrected chi connectivity index (χ2v) is 6.76. The quantitative estimate of drug-likeness (QED) is 0.741. The van der Waals surface area contributed by atoms with Gasteiger partial charge in [0.15, 0.2) is 5.16 Å². The molecule has 0 amide bonds. The monoisotopic (exact) mass is 344 g/mol. The van der Waals surface area contributed by atoms with Crippen LogP contribution in [0, 0.1) is 11.3 Å². The molecule has 24 heavy (non-hydrogen) atoms. The van der Waals surface area contributed by atoms with Crippen molar-refractivity contribution >= 4 is 11.8 Å². The van der Waals surface area contributed by atoms with E-state index in [2.05, 4.69) is 27.8 Å². The lowest BCUT2D eigenvalue weighted by molar-refractivity contribution is 0.126. The molecule has 1 heterocycles. The number of aromatic nitrogens is 3. The lowest BCUT2D eigenvalue weighted by Crippen LogP contribution is -2.20. The molecular formula is C17H20N4O2S. The summed E-state index contributed by atoms with van der Waals surface area (Å²) in [6.45, 7) is 3.14. The van der Waals surface area contributed by atoms with E-state index >= 15 is 0 Å². The Hall–Kier alpha value is -2.04. The van der Waals surface area contributed by atoms with Crippen molar-refractivity contribution in [2.45, 2.75) is 43.5 Å². The molecule has 1 fully saturated rings. The second-order valence-electron chi connectivity index (χ2n) is 5.77. The first-order valence-electron chi connectivity index (χ1n) is 8.08. The van der Waals surface area contributed by atoms with Crippen molar-refractivity contribution in [1.29, 1.82) is 5.26 Å². The van der Waals surface area contributed by atoms with Crippen LogP contribution < -0.4 is 4.74 Å². The molecule has 126 valence electrons. The predicted molar refractivity (Wildman–Crippen MR) is 91.1 cm³/mol. The minimum absolute atomic E-state index is 0.203. The third-order valence-corrected chi connectivity index (χ3v) is 4.95. The highest BCUT2D eigenvalue weighted by Gasteiger charge is 2.30. The molecule has 1 N–H and O–H groups in total. The van der Waals surface area contributed by atoms with Gasteiger partial charge < -0.3 is 14.4 Å². The van der Waals surface area contributed by atoms with Crippen molar-refractivity contribution in [3.8, 4) is 11.8 Å². The SMILES string of the molecule is CCn1c(SCC(O)COc2ccc(C#N)cc2)nnc1C1CC1. The van der Waals surface area contributed by atoms with E-state index in [4.69, 9.17) is 10.00 Å². The molecule has 0 radical (unpaired) electrons. The van der Waals surface area contributed by atoms with E-state index in [1.807, 2.05) is 0 Å². The van der Waals surface area contributed by atoms with Gasteiger partial charge in [-0.15, -0.1) is 10.2 Å². The Labute approximate surface area is 145 Å². The molecule has 1 atom stereocenters. The van der Waals surface area contributed by atoms with Gasteiger partial charge in [0.25, 0.3) is 0 Å². The Morgan fingerprint density at radius 1 is 1.38 bits per heavy atom. The fraction of sp³-hybridized carbons (Fsp3) is 0.471. The molecule has 7 heteroatoms. The van der Waals surface area contributed by atoms with Crippen LogP contribution in [0.5, 0.6) is 5.75 Å². The van der Waals surface area contributed by atoms with E-state index in [9.17, 15) is 5.11 Å². The minimum Gasteiger partial charge on any atom is -0.491 e. The van der Waals surface area contributed by atoms with E-state index in [-0.39, 0.29) is 6.61 Å². The van der Waals surface area contributed by atoms with E-state index in [0.717, 1.165) is 17.5 Å². The van der Waals surface area contributed by atoms with Crippen molar-refractivity contribution < 1.29 is 9.84 Å². The zero-order valence-electron chi connectivity index (χ0n) is 13.6. The molecule has 0 saturated heterocycles. The number of benzene rings is 1. The van der Waals surface area contributed by atoms with Gasteiger partial charge in [-0.25, -0.2) is 0 Å². The number of ether oxygens (including phenoxy) is 1. The molecule has 0 aliphatic heterocycles. The second kappa shape index (κ2) is 7.69. The van der Waals surface area contributed by atoms with E-state index in [1.165, 1.54) is 24.6 Å². The van der Waals surface area contributed by atoms with Crippen LogP contribution in [-0.4, -0.2) is 38.3 Å². The first kappa shape index (κ1) is 16.8. The molecule has 0 bridgehead atoms. The summed E-state index contributed by atoms with van der Waals surface area (Å²) in [5, 5.41) is 28.3. The van der Waals surface area contributed by atoms with Crippen LogP contribution in [0.25, 0.3) is 0 Å². The summed E-state index contributed by atoms with van der Waals surface area (Å²) in [4.78, 5) is 0. The van der Waals surface area contributed by atoms with Crippen LogP contribution in [0.1, 0.15) is 37.1 Å². The number of thioether (sulfide) groups is 1. The first-order valence-corrected chi connectivity index (χ1v) is 9.06. The predicted octanol–water partition coefficient (Wildman–Crippen LogP) is 2.58. The third-order valence-electron chi connectivity index (χ3n) is 3.83. The van der Waals surface area contributed by atoms with Gasteiger partial charge >= 0.3 is 0 Å². The number of hydrogen-bond donors (Lipinski definition) is 1. The van der Waals surface area contributed by atoms with Gasteiger partial charge in [0, 0.05) is 18.2 Å². The lowest BCUT2D eigenvalue weighted by Gasteiger charge is -2.12. The number of nitriles is 1. The van der Waals surface area contributed by atoms with E-state index in [1.54, 1.807) is 24.3 Å². The summed E-state index contributed by atoms with van der Waals surface area (Å²) in [5.41, 5.74) is 0.587. The fourth-order valence-electron chi connectivity index (χ4n) is 2.38. The normalized spacial score (nSPS) is 15.0. The maximum atomic E-state index is 10.1. The highest BCUT2D eigenvalue weighted by atomic mass is 32.2. The average Bonchev–Trinajstić information content (AvgIpc) is 3.38. The van der Waals surface area contributed by atoms with Crippen LogP contribution in [0.3, 0.4) is 0 Å². The molecule has 6 nitrogen and oxygen atoms in total. The highest BCUT2D eigenvalue weighted by Crippen LogP contribution is 2.40. The third kappa shape index (κ3) is 4.08. The number of aliphatic hydroxyl groups excluding tert-OH is 1. The largest absolute Gasteiger partial charge is 0.491 e. The average molecular weight is 344 g/mol. The molecule has 1 aromatic heterocycles. The summed E-state index contributed by atoms with van der Waals surface area (Å²) >= 11 is 1.50. The molecule has 1 aliphatic rings. The highest BCUT2D eigenvalue weighted by molar-refractivity contribution is 7.99. The van der Waals surface area contributed by atoms with Crippen LogP contribution >= 0.6 is 11.8 Å². The summed E-state index contributed by atoms with van der Waals surface area (Å²) < 4.78 is 7.69. The number of rotatable bonds is 8. The Balaban J connectivity index is 1.48. The summed E-state index contributed by atoms with van der Waals surface area (Å²) in [6.07, 6.45) is 1.80. The Bertz CT molecular complexity index is 719. The Kier molecular flexibility index (Phi) is 5.38. The molecule has 0 spiro atoms. The maximum absolute atomic E-state index is 10.1. The fourth-order valence-corrected chi connectivity index (χ4v) is 3.30. The van der Waals surface area contributed by atoms with Crippen molar-refractivity contribution in [3.63, 3.8) is 0 Å². The van der Waals surface area contributed by atoms with Gasteiger partial charge in [-0.3, -0.25) is 0 Å². The maximum Gasteiger partial charge on any atom is 0.191 e. The van der Waals surface area contributed by atoms with Gasteiger partial charge in [-0.05, 0) is 44.0 Å². The van der Waals surface area contributed by atoms with Gasteiger partial charge in [0.1, 0.15) is 18.2 Å². The van der Waals surface area contributed by atoms with Gasteiger partial charge in [0.2, 0.25) is 0 Å². The zero-order valence-corrected chi connectivity index (χ0v) is 14.4. The van der Waals surface area contributed by atoms with Crippen LogP contribution in [0.4, 0.5) is 0 Å². The molecule has 1 aromatic carbocycles. The van der Waals surface area contributed by atoms with Crippen molar-refractivity contribution in [1.82, 2.24) is 14.8 Å². The Morgan fingerprint density at radius 2 is 2.12 bits per heavy atom. The van der Waals surface area contributed by atoms with Crippen LogP contribution in [-0.2, 0) is 6.54 Å². The topological polar surface area (TPSA) is 84.0 Å². The summed E-state index contributed by atoms with van der Waals surface area (Å²) in [5.74, 6) is 2.78. The summed E-state index contributed by atoms with van der Waals surface area (Å²) in [6, 6.07) is 8.91. The zero-order chi connectivity index (χ0) is 16.9. The molecule has 1 saturated carbocycles. The van der Waals surface area contributed by atoms with E-state index in [0.29, 0.717) is 23.0 Å². The Morgan fingerprint density at radius 3 is 2.75 bits per heavy atom. The van der Waals surface area contributed by atoms with Gasteiger partial charge in [-0.2, -0.15) is 5.26 Å². The van der Waals surface area contributed by atoms with Gasteiger partial charge in [0.05, 0.1) is 17.7 Å². The van der Waals surface area contributed by atoms with Crippen molar-refractivity contribution in [2.75, 3.05) is 12.4 Å². The smallest absolute Gasteiger partial charge is 0.191 e. The first-order chi connectivity index (χ1) is 11.7. The summed E-state index contributed by atoms with van der Waals surface area (Å²) in [7, 11) is 0. The minimum atomic E-state index is -0.600. The van der Waals surface area contributed by atoms with E-state index < -0.39 is 6.10 Å². The molecular weight excluding hydrogens is 324 g/mol. The number of nitrogens with zero attached hydrogens (tertiary/aromatic N) is 4. The standard InChI is InChI=1S/C17H20N4O2S/c1-2-21-16(13-5-6-13)19-20-17(21)24-11-14(22)10-23-15-7-3-12(9-18)4-8-15/h3-4,7-8,13-14,22H,2,5-6,10-11H2,1H3. The van der Waals surface area contributed by atoms with Crippen molar-refractivity contribution in [2.24, 2.45) is 0 Å². The molecule has 2 aromatic rings. The van der Waals surface area contributed by atoms with Crippen LogP contribution in [0.2, 0.25) is 0 Å². The lowest BCUT2D eigenvalue weighted by atomic mass is 10.2. The molecule has 3 rings (SSSR count). The van der Waals surface area contributed by atoms with Gasteiger partial charge in [-0.1, -0.05) is 11.8 Å². The van der Waals surface area contributed by atoms with Crippen molar-refractivity contribution in [3.05, 3.63) is 35.7 Å². The molecule has 1 aliphatic carbocycles. The number of hydrogen-bond acceptors (Lipinski definition) is 6. The number of aliphatic hydroxyl groups is 1. The molecule has 1 unspecified atom stereocenters.